The molecule has 2 aromatic rings. The highest BCUT2D eigenvalue weighted by atomic mass is 32.2. The van der Waals surface area contributed by atoms with E-state index in [-0.39, 0.29) is 0 Å². The van der Waals surface area contributed by atoms with Gasteiger partial charge in [0.1, 0.15) is 0 Å². The van der Waals surface area contributed by atoms with E-state index in [9.17, 15) is 0 Å². The van der Waals surface area contributed by atoms with Crippen molar-refractivity contribution in [3.8, 4) is 0 Å². The molecule has 1 aliphatic rings. The lowest BCUT2D eigenvalue weighted by Crippen LogP contribution is -2.20. The number of hydrogen-bond donors (Lipinski definition) is 0. The maximum Gasteiger partial charge on any atom is 0.169 e. The van der Waals surface area contributed by atoms with Crippen molar-refractivity contribution in [2.24, 2.45) is 0 Å². The number of hydrogen-bond acceptors (Lipinski definition) is 3. The van der Waals surface area contributed by atoms with Crippen LogP contribution in [0, 0.1) is 0 Å². The van der Waals surface area contributed by atoms with Gasteiger partial charge in [0, 0.05) is 12.3 Å². The minimum Gasteiger partial charge on any atom is -0.319 e. The topological polar surface area (TPSA) is 21.1 Å². The summed E-state index contributed by atoms with van der Waals surface area (Å²) < 4.78 is 2.33. The van der Waals surface area contributed by atoms with E-state index in [0.29, 0.717) is 0 Å². The summed E-state index contributed by atoms with van der Waals surface area (Å²) in [6.45, 7) is 7.05. The second-order valence-corrected chi connectivity index (χ2v) is 6.44. The van der Waals surface area contributed by atoms with Gasteiger partial charge in [0.15, 0.2) is 5.16 Å². The van der Waals surface area contributed by atoms with Gasteiger partial charge in [0.25, 0.3) is 0 Å². The Bertz CT molecular complexity index is 558. The highest BCUT2D eigenvalue weighted by Crippen LogP contribution is 2.24. The molecule has 0 unspecified atom stereocenters. The van der Waals surface area contributed by atoms with Gasteiger partial charge >= 0.3 is 0 Å². The second-order valence-electron chi connectivity index (χ2n) is 5.38. The summed E-state index contributed by atoms with van der Waals surface area (Å²) >= 11 is 1.91. The molecule has 0 aliphatic carbocycles. The predicted octanol–water partition coefficient (Wildman–Crippen LogP) is 3.63. The summed E-state index contributed by atoms with van der Waals surface area (Å²) in [5, 5.41) is 1.18. The van der Waals surface area contributed by atoms with Gasteiger partial charge in [-0.25, -0.2) is 4.98 Å². The van der Waals surface area contributed by atoms with Crippen LogP contribution in [-0.4, -0.2) is 39.8 Å². The SMILES string of the molecule is CCn1c(SCCCN2CCCC2)nc2ccccc21. The Hall–Kier alpha value is -1.00. The van der Waals surface area contributed by atoms with Crippen molar-refractivity contribution in [1.82, 2.24) is 14.5 Å². The number of fused-ring (bicyclic) bond motifs is 1. The third-order valence-electron chi connectivity index (χ3n) is 3.98. The number of imidazole rings is 1. The maximum atomic E-state index is 4.77. The Labute approximate surface area is 125 Å². The fourth-order valence-electron chi connectivity index (χ4n) is 2.93. The first-order chi connectivity index (χ1) is 9.88. The molecule has 0 spiro atoms. The lowest BCUT2D eigenvalue weighted by Gasteiger charge is -2.13. The molecule has 0 amide bonds. The van der Waals surface area contributed by atoms with Crippen LogP contribution in [0.4, 0.5) is 0 Å². The van der Waals surface area contributed by atoms with Gasteiger partial charge in [0.2, 0.25) is 0 Å². The number of likely N-dealkylation sites (tertiary alicyclic amines) is 1. The molecule has 1 aromatic carbocycles. The number of thioether (sulfide) groups is 1. The third-order valence-corrected chi connectivity index (χ3v) is 5.05. The quantitative estimate of drug-likeness (QED) is 0.598. The van der Waals surface area contributed by atoms with E-state index in [1.165, 1.54) is 55.3 Å². The molecule has 4 heteroatoms. The predicted molar refractivity (Wildman–Crippen MR) is 86.4 cm³/mol. The first-order valence-electron chi connectivity index (χ1n) is 7.69. The Morgan fingerprint density at radius 1 is 1.20 bits per heavy atom. The van der Waals surface area contributed by atoms with Crippen LogP contribution in [0.15, 0.2) is 29.4 Å². The number of aryl methyl sites for hydroxylation is 1. The van der Waals surface area contributed by atoms with Crippen molar-refractivity contribution in [3.63, 3.8) is 0 Å². The lowest BCUT2D eigenvalue weighted by molar-refractivity contribution is 0.341. The molecule has 3 rings (SSSR count). The maximum absolute atomic E-state index is 4.77. The fraction of sp³-hybridized carbons (Fsp3) is 0.562. The van der Waals surface area contributed by atoms with Crippen LogP contribution < -0.4 is 0 Å². The fourth-order valence-corrected chi connectivity index (χ4v) is 3.93. The van der Waals surface area contributed by atoms with Gasteiger partial charge in [-0.3, -0.25) is 0 Å². The van der Waals surface area contributed by atoms with Gasteiger partial charge in [-0.05, 0) is 58.0 Å². The smallest absolute Gasteiger partial charge is 0.169 e. The largest absolute Gasteiger partial charge is 0.319 e. The van der Waals surface area contributed by atoms with Gasteiger partial charge < -0.3 is 9.47 Å². The van der Waals surface area contributed by atoms with Crippen molar-refractivity contribution in [2.75, 3.05) is 25.4 Å². The van der Waals surface area contributed by atoms with Crippen LogP contribution in [0.25, 0.3) is 11.0 Å². The van der Waals surface area contributed by atoms with Gasteiger partial charge in [-0.1, -0.05) is 23.9 Å². The van der Waals surface area contributed by atoms with E-state index in [2.05, 4.69) is 40.7 Å². The minimum atomic E-state index is 0.995. The molecule has 0 atom stereocenters. The summed E-state index contributed by atoms with van der Waals surface area (Å²) in [4.78, 5) is 7.35. The molecule has 1 fully saturated rings. The van der Waals surface area contributed by atoms with E-state index in [4.69, 9.17) is 4.98 Å². The van der Waals surface area contributed by atoms with Crippen LogP contribution >= 0.6 is 11.8 Å². The molecular formula is C16H23N3S. The molecule has 0 N–H and O–H groups in total. The standard InChI is InChI=1S/C16H23N3S/c1-2-19-15-9-4-3-8-14(15)17-16(19)20-13-7-12-18-10-5-6-11-18/h3-4,8-9H,2,5-7,10-13H2,1H3. The monoisotopic (exact) mass is 289 g/mol. The van der Waals surface area contributed by atoms with Crippen molar-refractivity contribution >= 4 is 22.8 Å². The summed E-state index contributed by atoms with van der Waals surface area (Å²) in [6.07, 6.45) is 4.04. The highest BCUT2D eigenvalue weighted by Gasteiger charge is 2.12. The van der Waals surface area contributed by atoms with Crippen LogP contribution in [-0.2, 0) is 6.54 Å². The number of rotatable bonds is 6. The van der Waals surface area contributed by atoms with Gasteiger partial charge in [0.05, 0.1) is 11.0 Å². The Morgan fingerprint density at radius 2 is 2.00 bits per heavy atom. The number of benzene rings is 1. The first kappa shape index (κ1) is 14.0. The van der Waals surface area contributed by atoms with E-state index in [1.807, 2.05) is 11.8 Å². The van der Waals surface area contributed by atoms with Crippen LogP contribution in [0.3, 0.4) is 0 Å². The second kappa shape index (κ2) is 6.64. The van der Waals surface area contributed by atoms with E-state index in [0.717, 1.165) is 12.1 Å². The molecule has 0 saturated carbocycles. The molecule has 20 heavy (non-hydrogen) atoms. The number of para-hydroxylation sites is 2. The molecule has 108 valence electrons. The zero-order valence-corrected chi connectivity index (χ0v) is 13.0. The molecule has 0 bridgehead atoms. The molecule has 1 aromatic heterocycles. The van der Waals surface area contributed by atoms with Crippen LogP contribution in [0.2, 0.25) is 0 Å². The van der Waals surface area contributed by atoms with Crippen LogP contribution in [0.1, 0.15) is 26.2 Å². The highest BCUT2D eigenvalue weighted by molar-refractivity contribution is 7.99. The van der Waals surface area contributed by atoms with Crippen molar-refractivity contribution in [2.45, 2.75) is 37.9 Å². The van der Waals surface area contributed by atoms with Crippen molar-refractivity contribution in [1.29, 1.82) is 0 Å². The normalized spacial score (nSPS) is 16.2. The molecule has 2 heterocycles. The van der Waals surface area contributed by atoms with Crippen LogP contribution in [0.5, 0.6) is 0 Å². The number of nitrogens with zero attached hydrogens (tertiary/aromatic N) is 3. The molecule has 3 nitrogen and oxygen atoms in total. The van der Waals surface area contributed by atoms with E-state index >= 15 is 0 Å². The summed E-state index contributed by atoms with van der Waals surface area (Å²) in [5.74, 6) is 1.17. The van der Waals surface area contributed by atoms with E-state index in [1.54, 1.807) is 0 Å². The third kappa shape index (κ3) is 3.01. The minimum absolute atomic E-state index is 0.995. The zero-order valence-electron chi connectivity index (χ0n) is 12.2. The molecule has 1 aliphatic heterocycles. The Morgan fingerprint density at radius 3 is 2.80 bits per heavy atom. The van der Waals surface area contributed by atoms with Crippen molar-refractivity contribution in [3.05, 3.63) is 24.3 Å². The summed E-state index contributed by atoms with van der Waals surface area (Å²) in [7, 11) is 0. The first-order valence-corrected chi connectivity index (χ1v) is 8.67. The molecule has 0 radical (unpaired) electrons. The van der Waals surface area contributed by atoms with E-state index < -0.39 is 0 Å². The summed E-state index contributed by atoms with van der Waals surface area (Å²) in [5.41, 5.74) is 2.38. The average molecular weight is 289 g/mol. The Balaban J connectivity index is 1.59. The molecular weight excluding hydrogens is 266 g/mol. The van der Waals surface area contributed by atoms with Gasteiger partial charge in [-0.2, -0.15) is 0 Å². The average Bonchev–Trinajstić information content (AvgIpc) is 3.10. The summed E-state index contributed by atoms with van der Waals surface area (Å²) in [6, 6.07) is 8.44. The van der Waals surface area contributed by atoms with Crippen molar-refractivity contribution < 1.29 is 0 Å². The molecule has 1 saturated heterocycles. The lowest BCUT2D eigenvalue weighted by atomic mass is 10.3. The number of aromatic nitrogens is 2. The van der Waals surface area contributed by atoms with Gasteiger partial charge in [-0.15, -0.1) is 0 Å². The zero-order chi connectivity index (χ0) is 13.8. The Kier molecular flexibility index (Phi) is 4.63.